The Morgan fingerprint density at radius 1 is 0.943 bits per heavy atom. The van der Waals surface area contributed by atoms with Crippen LogP contribution in [0.1, 0.15) is 39.2 Å². The van der Waals surface area contributed by atoms with E-state index in [1.807, 2.05) is 61.7 Å². The van der Waals surface area contributed by atoms with Crippen LogP contribution in [-0.4, -0.2) is 35.1 Å². The monoisotopic (exact) mass is 489 g/mol. The molecule has 180 valence electrons. The number of esters is 2. The van der Waals surface area contributed by atoms with Gasteiger partial charge in [-0.05, 0) is 51.5 Å². The minimum absolute atomic E-state index is 0.231. The van der Waals surface area contributed by atoms with Gasteiger partial charge in [0, 0.05) is 28.5 Å². The SMILES string of the molecule is CCOC(=O)C1=C(C)NC(C)=C(C(=O)OCC)C1c1cccc(-c2nc(-c3ccccn3)cs2)c1. The third-order valence-electron chi connectivity index (χ3n) is 5.65. The van der Waals surface area contributed by atoms with Crippen molar-refractivity contribution in [3.63, 3.8) is 0 Å². The molecule has 3 heterocycles. The Balaban J connectivity index is 1.80. The molecule has 0 atom stereocenters. The highest BCUT2D eigenvalue weighted by molar-refractivity contribution is 7.13. The Hall–Kier alpha value is -3.78. The molecule has 8 heteroatoms. The van der Waals surface area contributed by atoms with Gasteiger partial charge in [0.25, 0.3) is 0 Å². The number of aromatic nitrogens is 2. The maximum absolute atomic E-state index is 13.0. The molecule has 0 unspecified atom stereocenters. The highest BCUT2D eigenvalue weighted by atomic mass is 32.1. The predicted octanol–water partition coefficient (Wildman–Crippen LogP) is 5.23. The van der Waals surface area contributed by atoms with Crippen molar-refractivity contribution in [1.82, 2.24) is 15.3 Å². The number of dihydropyridines is 1. The molecule has 0 fully saturated rings. The molecule has 1 N–H and O–H groups in total. The standard InChI is InChI=1S/C27H27N3O4S/c1-5-33-26(31)22-16(3)29-17(4)23(27(32)34-6-2)24(22)18-10-9-11-19(14-18)25-30-21(15-35-25)20-12-7-8-13-28-20/h7-15,24,29H,5-6H2,1-4H3. The lowest BCUT2D eigenvalue weighted by molar-refractivity contribution is -0.139. The summed E-state index contributed by atoms with van der Waals surface area (Å²) < 4.78 is 10.7. The van der Waals surface area contributed by atoms with E-state index >= 15 is 0 Å². The molecule has 0 bridgehead atoms. The van der Waals surface area contributed by atoms with Crippen LogP contribution in [0.5, 0.6) is 0 Å². The van der Waals surface area contributed by atoms with Crippen molar-refractivity contribution in [2.24, 2.45) is 0 Å². The molecule has 0 aliphatic carbocycles. The first-order valence-electron chi connectivity index (χ1n) is 11.4. The first-order chi connectivity index (χ1) is 16.9. The van der Waals surface area contributed by atoms with Crippen LogP contribution in [0.15, 0.2) is 76.6 Å². The molecule has 1 aliphatic rings. The Bertz CT molecular complexity index is 1270. The number of rotatable bonds is 7. The van der Waals surface area contributed by atoms with Crippen LogP contribution < -0.4 is 5.32 Å². The maximum Gasteiger partial charge on any atom is 0.336 e. The molecular weight excluding hydrogens is 462 g/mol. The highest BCUT2D eigenvalue weighted by Crippen LogP contribution is 2.40. The van der Waals surface area contributed by atoms with Gasteiger partial charge >= 0.3 is 11.9 Å². The highest BCUT2D eigenvalue weighted by Gasteiger charge is 2.38. The molecular formula is C27H27N3O4S. The normalized spacial score (nSPS) is 14.1. The Labute approximate surface area is 208 Å². The van der Waals surface area contributed by atoms with Crippen LogP contribution in [0.2, 0.25) is 0 Å². The van der Waals surface area contributed by atoms with Crippen molar-refractivity contribution in [3.05, 3.63) is 82.1 Å². The molecule has 0 saturated carbocycles. The van der Waals surface area contributed by atoms with E-state index in [1.54, 1.807) is 20.0 Å². The van der Waals surface area contributed by atoms with Gasteiger partial charge in [0.2, 0.25) is 0 Å². The van der Waals surface area contributed by atoms with Crippen LogP contribution in [0.3, 0.4) is 0 Å². The quantitative estimate of drug-likeness (QED) is 0.454. The van der Waals surface area contributed by atoms with Gasteiger partial charge in [-0.3, -0.25) is 4.98 Å². The van der Waals surface area contributed by atoms with E-state index in [9.17, 15) is 9.59 Å². The van der Waals surface area contributed by atoms with E-state index in [2.05, 4.69) is 10.3 Å². The molecule has 0 saturated heterocycles. The average Bonchev–Trinajstić information content (AvgIpc) is 3.35. The van der Waals surface area contributed by atoms with E-state index < -0.39 is 17.9 Å². The number of nitrogens with one attached hydrogen (secondary N) is 1. The second kappa shape index (κ2) is 10.7. The summed E-state index contributed by atoms with van der Waals surface area (Å²) in [6.45, 7) is 7.61. The number of carbonyl (C=O) groups is 2. The lowest BCUT2D eigenvalue weighted by Gasteiger charge is -2.30. The molecule has 4 rings (SSSR count). The lowest BCUT2D eigenvalue weighted by atomic mass is 9.80. The number of pyridine rings is 1. The summed E-state index contributed by atoms with van der Waals surface area (Å²) in [6, 6.07) is 13.5. The molecule has 2 aromatic heterocycles. The van der Waals surface area contributed by atoms with Crippen molar-refractivity contribution >= 4 is 23.3 Å². The third-order valence-corrected chi connectivity index (χ3v) is 6.54. The number of thiazole rings is 1. The fourth-order valence-corrected chi connectivity index (χ4v) is 4.99. The fourth-order valence-electron chi connectivity index (χ4n) is 4.18. The fraction of sp³-hybridized carbons (Fsp3) is 0.259. The molecule has 1 aromatic carbocycles. The summed E-state index contributed by atoms with van der Waals surface area (Å²) in [5.74, 6) is -1.56. The van der Waals surface area contributed by atoms with Crippen LogP contribution >= 0.6 is 11.3 Å². The maximum atomic E-state index is 13.0. The van der Waals surface area contributed by atoms with E-state index in [-0.39, 0.29) is 13.2 Å². The van der Waals surface area contributed by atoms with E-state index in [0.717, 1.165) is 27.5 Å². The van der Waals surface area contributed by atoms with Crippen molar-refractivity contribution in [2.75, 3.05) is 13.2 Å². The third kappa shape index (κ3) is 5.02. The van der Waals surface area contributed by atoms with Gasteiger partial charge in [-0.2, -0.15) is 0 Å². The van der Waals surface area contributed by atoms with Crippen LogP contribution in [0, 0.1) is 0 Å². The summed E-state index contributed by atoms with van der Waals surface area (Å²) >= 11 is 1.51. The lowest BCUT2D eigenvalue weighted by Crippen LogP contribution is -2.32. The second-order valence-electron chi connectivity index (χ2n) is 7.95. The van der Waals surface area contributed by atoms with Crippen molar-refractivity contribution < 1.29 is 19.1 Å². The Morgan fingerprint density at radius 3 is 2.23 bits per heavy atom. The van der Waals surface area contributed by atoms with Crippen LogP contribution in [0.4, 0.5) is 0 Å². The summed E-state index contributed by atoms with van der Waals surface area (Å²) in [6.07, 6.45) is 1.74. The smallest absolute Gasteiger partial charge is 0.336 e. The van der Waals surface area contributed by atoms with Crippen molar-refractivity contribution in [1.29, 1.82) is 0 Å². The van der Waals surface area contributed by atoms with E-state index in [1.165, 1.54) is 11.3 Å². The zero-order chi connectivity index (χ0) is 24.9. The van der Waals surface area contributed by atoms with Gasteiger partial charge in [0.15, 0.2) is 0 Å². The van der Waals surface area contributed by atoms with Gasteiger partial charge in [-0.25, -0.2) is 14.6 Å². The number of ether oxygens (including phenoxy) is 2. The first-order valence-corrected chi connectivity index (χ1v) is 12.3. The largest absolute Gasteiger partial charge is 0.463 e. The van der Waals surface area contributed by atoms with Gasteiger partial charge in [-0.1, -0.05) is 24.3 Å². The molecule has 0 spiro atoms. The molecule has 0 radical (unpaired) electrons. The molecule has 35 heavy (non-hydrogen) atoms. The number of carbonyl (C=O) groups excluding carboxylic acids is 2. The van der Waals surface area contributed by atoms with Crippen LogP contribution in [0.25, 0.3) is 22.0 Å². The predicted molar refractivity (Wildman–Crippen MR) is 135 cm³/mol. The number of nitrogens with zero attached hydrogens (tertiary/aromatic N) is 2. The Kier molecular flexibility index (Phi) is 7.41. The zero-order valence-corrected chi connectivity index (χ0v) is 20.9. The van der Waals surface area contributed by atoms with E-state index in [4.69, 9.17) is 14.5 Å². The minimum Gasteiger partial charge on any atom is -0.463 e. The van der Waals surface area contributed by atoms with Gasteiger partial charge < -0.3 is 14.8 Å². The molecule has 0 amide bonds. The van der Waals surface area contributed by atoms with Crippen molar-refractivity contribution in [3.8, 4) is 22.0 Å². The van der Waals surface area contributed by atoms with Crippen molar-refractivity contribution in [2.45, 2.75) is 33.6 Å². The number of hydrogen-bond donors (Lipinski definition) is 1. The minimum atomic E-state index is -0.635. The zero-order valence-electron chi connectivity index (χ0n) is 20.1. The number of allylic oxidation sites excluding steroid dienone is 2. The summed E-state index contributed by atoms with van der Waals surface area (Å²) in [5, 5.41) is 5.95. The first kappa shape index (κ1) is 24.3. The number of benzene rings is 1. The summed E-state index contributed by atoms with van der Waals surface area (Å²) in [7, 11) is 0. The van der Waals surface area contributed by atoms with Gasteiger partial charge in [0.05, 0.1) is 36.0 Å². The van der Waals surface area contributed by atoms with Crippen LogP contribution in [-0.2, 0) is 19.1 Å². The molecule has 7 nitrogen and oxygen atoms in total. The Morgan fingerprint density at radius 2 is 1.63 bits per heavy atom. The van der Waals surface area contributed by atoms with Gasteiger partial charge in [-0.15, -0.1) is 11.3 Å². The molecule has 3 aromatic rings. The summed E-state index contributed by atoms with van der Waals surface area (Å²) in [4.78, 5) is 35.2. The topological polar surface area (TPSA) is 90.4 Å². The summed E-state index contributed by atoms with van der Waals surface area (Å²) in [5.41, 5.74) is 5.35. The second-order valence-corrected chi connectivity index (χ2v) is 8.81. The molecule has 1 aliphatic heterocycles. The number of hydrogen-bond acceptors (Lipinski definition) is 8. The van der Waals surface area contributed by atoms with E-state index in [0.29, 0.717) is 22.5 Å². The average molecular weight is 490 g/mol. The van der Waals surface area contributed by atoms with Gasteiger partial charge in [0.1, 0.15) is 10.7 Å².